The number of hydrogen-bond acceptors (Lipinski definition) is 1. The van der Waals surface area contributed by atoms with Gasteiger partial charge in [0.2, 0.25) is 0 Å². The number of likely N-dealkylation sites (tertiary alicyclic amines) is 1. The molecular weight excluding hydrogens is 188 g/mol. The van der Waals surface area contributed by atoms with Crippen LogP contribution in [0.15, 0.2) is 12.3 Å². The van der Waals surface area contributed by atoms with Gasteiger partial charge in [-0.1, -0.05) is 18.9 Å². The fourth-order valence-electron chi connectivity index (χ4n) is 2.42. The van der Waals surface area contributed by atoms with Crippen molar-refractivity contribution in [1.29, 1.82) is 0 Å². The first-order valence-corrected chi connectivity index (χ1v) is 6.08. The monoisotopic (exact) mass is 208 g/mol. The summed E-state index contributed by atoms with van der Waals surface area (Å²) >= 11 is 0. The molecule has 0 aromatic carbocycles. The first-order valence-electron chi connectivity index (χ1n) is 6.08. The van der Waals surface area contributed by atoms with Crippen molar-refractivity contribution >= 4 is 6.03 Å². The summed E-state index contributed by atoms with van der Waals surface area (Å²) < 4.78 is 0. The predicted octanol–water partition coefficient (Wildman–Crippen LogP) is 2.50. The molecule has 3 heteroatoms. The second kappa shape index (κ2) is 5.19. The third-order valence-corrected chi connectivity index (χ3v) is 3.37. The van der Waals surface area contributed by atoms with Gasteiger partial charge >= 0.3 is 6.03 Å². The Balaban J connectivity index is 1.69. The lowest BCUT2D eigenvalue weighted by Gasteiger charge is -2.14. The summed E-state index contributed by atoms with van der Waals surface area (Å²) in [6, 6.07) is 0.0711. The fraction of sp³-hybridized carbons (Fsp3) is 0.750. The number of nitrogens with zero attached hydrogens (tertiary/aromatic N) is 1. The van der Waals surface area contributed by atoms with Crippen LogP contribution in [0, 0.1) is 5.92 Å². The van der Waals surface area contributed by atoms with E-state index in [-0.39, 0.29) is 6.03 Å². The van der Waals surface area contributed by atoms with Gasteiger partial charge in [0.15, 0.2) is 0 Å². The van der Waals surface area contributed by atoms with Crippen molar-refractivity contribution in [2.45, 2.75) is 38.5 Å². The Bertz CT molecular complexity index is 238. The molecule has 1 aliphatic carbocycles. The average molecular weight is 208 g/mol. The van der Waals surface area contributed by atoms with Crippen LogP contribution in [0.25, 0.3) is 0 Å². The van der Waals surface area contributed by atoms with E-state index in [1.54, 1.807) is 0 Å². The van der Waals surface area contributed by atoms with Crippen molar-refractivity contribution in [1.82, 2.24) is 10.2 Å². The molecule has 1 N–H and O–H groups in total. The number of urea groups is 1. The highest BCUT2D eigenvalue weighted by molar-refractivity contribution is 5.75. The van der Waals surface area contributed by atoms with Crippen molar-refractivity contribution in [2.75, 3.05) is 13.1 Å². The molecule has 0 unspecified atom stereocenters. The van der Waals surface area contributed by atoms with Crippen molar-refractivity contribution in [3.8, 4) is 0 Å². The number of hydrogen-bond donors (Lipinski definition) is 1. The zero-order valence-corrected chi connectivity index (χ0v) is 9.24. The van der Waals surface area contributed by atoms with E-state index in [9.17, 15) is 4.79 Å². The first kappa shape index (κ1) is 10.5. The Morgan fingerprint density at radius 1 is 1.13 bits per heavy atom. The molecule has 0 aromatic rings. The average Bonchev–Trinajstić information content (AvgIpc) is 2.90. The quantitative estimate of drug-likeness (QED) is 0.743. The molecule has 1 aliphatic heterocycles. The van der Waals surface area contributed by atoms with Gasteiger partial charge in [-0.15, -0.1) is 0 Å². The summed E-state index contributed by atoms with van der Waals surface area (Å²) in [7, 11) is 0. The summed E-state index contributed by atoms with van der Waals surface area (Å²) in [4.78, 5) is 13.5. The number of rotatable bonds is 2. The van der Waals surface area contributed by atoms with Gasteiger partial charge in [-0.2, -0.15) is 0 Å². The van der Waals surface area contributed by atoms with Crippen molar-refractivity contribution in [3.05, 3.63) is 12.3 Å². The minimum Gasteiger partial charge on any atom is -0.325 e. The van der Waals surface area contributed by atoms with Crippen LogP contribution < -0.4 is 5.32 Å². The van der Waals surface area contributed by atoms with Gasteiger partial charge in [0, 0.05) is 19.3 Å². The van der Waals surface area contributed by atoms with Gasteiger partial charge < -0.3 is 10.2 Å². The summed E-state index contributed by atoms with van der Waals surface area (Å²) in [5.41, 5.74) is 0. The highest BCUT2D eigenvalue weighted by atomic mass is 16.2. The number of allylic oxidation sites excluding steroid dienone is 1. The number of nitrogens with one attached hydrogen (secondary N) is 1. The maximum absolute atomic E-state index is 11.6. The number of carbonyl (C=O) groups is 1. The topological polar surface area (TPSA) is 32.3 Å². The summed E-state index contributed by atoms with van der Waals surface area (Å²) in [6.45, 7) is 1.84. The number of carbonyl (C=O) groups excluding carboxylic acids is 1. The van der Waals surface area contributed by atoms with Crippen molar-refractivity contribution in [3.63, 3.8) is 0 Å². The molecule has 0 spiro atoms. The van der Waals surface area contributed by atoms with E-state index in [0.717, 1.165) is 25.9 Å². The van der Waals surface area contributed by atoms with Crippen molar-refractivity contribution in [2.24, 2.45) is 5.92 Å². The molecule has 1 saturated heterocycles. The molecule has 0 radical (unpaired) electrons. The molecule has 2 aliphatic rings. The van der Waals surface area contributed by atoms with Crippen LogP contribution in [0.3, 0.4) is 0 Å². The van der Waals surface area contributed by atoms with Gasteiger partial charge in [0.25, 0.3) is 0 Å². The third kappa shape index (κ3) is 2.98. The fourth-order valence-corrected chi connectivity index (χ4v) is 2.42. The van der Waals surface area contributed by atoms with E-state index in [2.05, 4.69) is 11.4 Å². The highest BCUT2D eigenvalue weighted by Gasteiger charge is 2.16. The molecule has 2 fully saturated rings. The largest absolute Gasteiger partial charge is 0.325 e. The maximum atomic E-state index is 11.6. The number of amides is 2. The Labute approximate surface area is 91.5 Å². The molecular formula is C12H20N2O. The second-order valence-electron chi connectivity index (χ2n) is 4.55. The van der Waals surface area contributed by atoms with Gasteiger partial charge in [-0.05, 0) is 31.6 Å². The smallest absolute Gasteiger partial charge is 0.321 e. The second-order valence-corrected chi connectivity index (χ2v) is 4.55. The van der Waals surface area contributed by atoms with E-state index in [1.807, 2.05) is 11.1 Å². The molecule has 1 saturated carbocycles. The van der Waals surface area contributed by atoms with Crippen LogP contribution in [-0.4, -0.2) is 24.0 Å². The molecule has 1 heterocycles. The normalized spacial score (nSPS) is 22.8. The Kier molecular flexibility index (Phi) is 3.64. The first-order chi connectivity index (χ1) is 7.36. The highest BCUT2D eigenvalue weighted by Crippen LogP contribution is 2.25. The zero-order chi connectivity index (χ0) is 10.5. The minimum atomic E-state index is 0.0711. The molecule has 3 nitrogen and oxygen atoms in total. The van der Waals surface area contributed by atoms with E-state index in [4.69, 9.17) is 0 Å². The minimum absolute atomic E-state index is 0.0711. The van der Waals surface area contributed by atoms with Gasteiger partial charge in [-0.25, -0.2) is 4.79 Å². The standard InChI is InChI=1S/C12H20N2O/c15-12(14-9-3-4-10-14)13-8-7-11-5-1-2-6-11/h7-8,11H,1-6,9-10H2,(H,13,15)/b8-7+. The van der Waals surface area contributed by atoms with Crippen LogP contribution in [0.2, 0.25) is 0 Å². The molecule has 84 valence electrons. The van der Waals surface area contributed by atoms with Crippen molar-refractivity contribution < 1.29 is 4.79 Å². The van der Waals surface area contributed by atoms with E-state index < -0.39 is 0 Å². The van der Waals surface area contributed by atoms with E-state index >= 15 is 0 Å². The lowest BCUT2D eigenvalue weighted by molar-refractivity contribution is 0.212. The van der Waals surface area contributed by atoms with Crippen LogP contribution in [0.1, 0.15) is 38.5 Å². The Hall–Kier alpha value is -0.990. The van der Waals surface area contributed by atoms with Crippen LogP contribution in [0.4, 0.5) is 4.79 Å². The van der Waals surface area contributed by atoms with E-state index in [0.29, 0.717) is 5.92 Å². The van der Waals surface area contributed by atoms with Gasteiger partial charge in [-0.3, -0.25) is 0 Å². The van der Waals surface area contributed by atoms with Gasteiger partial charge in [0.1, 0.15) is 0 Å². The summed E-state index contributed by atoms with van der Waals surface area (Å²) in [5.74, 6) is 0.698. The SMILES string of the molecule is O=C(N/C=C/C1CCCC1)N1CCCC1. The summed E-state index contributed by atoms with van der Waals surface area (Å²) in [5, 5.41) is 2.86. The molecule has 0 bridgehead atoms. The molecule has 0 aromatic heterocycles. The Morgan fingerprint density at radius 2 is 1.80 bits per heavy atom. The molecule has 2 amide bonds. The maximum Gasteiger partial charge on any atom is 0.321 e. The predicted molar refractivity (Wildman–Crippen MR) is 60.4 cm³/mol. The van der Waals surface area contributed by atoms with Crippen LogP contribution in [-0.2, 0) is 0 Å². The zero-order valence-electron chi connectivity index (χ0n) is 9.24. The molecule has 0 atom stereocenters. The van der Waals surface area contributed by atoms with E-state index in [1.165, 1.54) is 25.7 Å². The molecule has 2 rings (SSSR count). The molecule has 15 heavy (non-hydrogen) atoms. The lowest BCUT2D eigenvalue weighted by atomic mass is 10.1. The third-order valence-electron chi connectivity index (χ3n) is 3.37. The van der Waals surface area contributed by atoms with Crippen LogP contribution >= 0.6 is 0 Å². The lowest BCUT2D eigenvalue weighted by Crippen LogP contribution is -2.35. The van der Waals surface area contributed by atoms with Gasteiger partial charge in [0.05, 0.1) is 0 Å². The Morgan fingerprint density at radius 3 is 2.47 bits per heavy atom. The van der Waals surface area contributed by atoms with Crippen LogP contribution in [0.5, 0.6) is 0 Å². The summed E-state index contributed by atoms with van der Waals surface area (Å²) in [6.07, 6.45) is 11.6.